The maximum atomic E-state index is 12.1. The van der Waals surface area contributed by atoms with Crippen molar-refractivity contribution in [2.45, 2.75) is 12.3 Å². The molecule has 0 amide bonds. The van der Waals surface area contributed by atoms with Gasteiger partial charge in [-0.2, -0.15) is 0 Å². The number of alkyl halides is 2. The average molecular weight is 151 g/mol. The number of hydrogen-bond donors (Lipinski definition) is 1. The highest BCUT2D eigenvalue weighted by molar-refractivity contribution is 4.94. The molecule has 0 aromatic rings. The van der Waals surface area contributed by atoms with E-state index in [2.05, 4.69) is 0 Å². The van der Waals surface area contributed by atoms with Crippen molar-refractivity contribution in [2.24, 2.45) is 11.7 Å². The van der Waals surface area contributed by atoms with E-state index in [9.17, 15) is 8.78 Å². The second-order valence-electron chi connectivity index (χ2n) is 2.53. The van der Waals surface area contributed by atoms with Gasteiger partial charge in [-0.25, -0.2) is 8.78 Å². The minimum absolute atomic E-state index is 0.0163. The first-order chi connectivity index (χ1) is 4.67. The first kappa shape index (κ1) is 7.88. The first-order valence-corrected chi connectivity index (χ1v) is 3.32. The highest BCUT2D eigenvalue weighted by atomic mass is 19.3. The van der Waals surface area contributed by atoms with Crippen molar-refractivity contribution in [2.75, 3.05) is 19.8 Å². The number of hydrogen-bond acceptors (Lipinski definition) is 2. The number of rotatable bonds is 4. The SMILES string of the molecule is NCCOCC1CC1(F)F. The van der Waals surface area contributed by atoms with Crippen LogP contribution in [0.3, 0.4) is 0 Å². The molecule has 0 aromatic heterocycles. The molecule has 10 heavy (non-hydrogen) atoms. The van der Waals surface area contributed by atoms with E-state index >= 15 is 0 Å². The third-order valence-corrected chi connectivity index (χ3v) is 1.54. The predicted octanol–water partition coefficient (Wildman–Crippen LogP) is 0.617. The van der Waals surface area contributed by atoms with Crippen LogP contribution in [0.5, 0.6) is 0 Å². The van der Waals surface area contributed by atoms with Crippen LogP contribution in [0.2, 0.25) is 0 Å². The van der Waals surface area contributed by atoms with Crippen LogP contribution in [-0.4, -0.2) is 25.7 Å². The quantitative estimate of drug-likeness (QED) is 0.598. The minimum atomic E-state index is -2.45. The zero-order valence-corrected chi connectivity index (χ0v) is 5.65. The molecule has 1 aliphatic carbocycles. The molecular weight excluding hydrogens is 140 g/mol. The topological polar surface area (TPSA) is 35.2 Å². The molecule has 60 valence electrons. The second kappa shape index (κ2) is 2.80. The molecule has 1 saturated carbocycles. The summed E-state index contributed by atoms with van der Waals surface area (Å²) < 4.78 is 29.1. The van der Waals surface area contributed by atoms with Gasteiger partial charge >= 0.3 is 0 Å². The minimum Gasteiger partial charge on any atom is -0.380 e. The Kier molecular flexibility index (Phi) is 2.21. The molecule has 2 N–H and O–H groups in total. The van der Waals surface area contributed by atoms with E-state index in [4.69, 9.17) is 10.5 Å². The Balaban J connectivity index is 1.97. The van der Waals surface area contributed by atoms with Gasteiger partial charge in [0.05, 0.1) is 19.1 Å². The summed E-state index contributed by atoms with van der Waals surface area (Å²) in [6.07, 6.45) is -0.0163. The van der Waals surface area contributed by atoms with Crippen LogP contribution in [0.15, 0.2) is 0 Å². The van der Waals surface area contributed by atoms with Gasteiger partial charge in [-0.1, -0.05) is 0 Å². The molecule has 1 atom stereocenters. The zero-order valence-electron chi connectivity index (χ0n) is 5.65. The van der Waals surface area contributed by atoms with Crippen molar-refractivity contribution in [1.82, 2.24) is 0 Å². The van der Waals surface area contributed by atoms with Crippen LogP contribution >= 0.6 is 0 Å². The monoisotopic (exact) mass is 151 g/mol. The van der Waals surface area contributed by atoms with Crippen LogP contribution in [0.4, 0.5) is 8.78 Å². The Morgan fingerprint density at radius 2 is 2.20 bits per heavy atom. The third-order valence-electron chi connectivity index (χ3n) is 1.54. The van der Waals surface area contributed by atoms with E-state index in [1.807, 2.05) is 0 Å². The Bertz CT molecular complexity index is 118. The molecule has 0 heterocycles. The summed E-state index contributed by atoms with van der Waals surface area (Å²) >= 11 is 0. The summed E-state index contributed by atoms with van der Waals surface area (Å²) in [5.74, 6) is -2.99. The summed E-state index contributed by atoms with van der Waals surface area (Å²) in [6, 6.07) is 0. The molecule has 2 nitrogen and oxygen atoms in total. The van der Waals surface area contributed by atoms with Crippen molar-refractivity contribution in [3.05, 3.63) is 0 Å². The molecule has 1 aliphatic rings. The normalized spacial score (nSPS) is 28.5. The first-order valence-electron chi connectivity index (χ1n) is 3.32. The van der Waals surface area contributed by atoms with E-state index in [1.165, 1.54) is 0 Å². The summed E-state index contributed by atoms with van der Waals surface area (Å²) in [7, 11) is 0. The molecule has 1 rings (SSSR count). The lowest BCUT2D eigenvalue weighted by atomic mass is 10.4. The third kappa shape index (κ3) is 1.88. The molecule has 1 fully saturated rings. The Labute approximate surface area is 58.3 Å². The fourth-order valence-electron chi connectivity index (χ4n) is 0.759. The van der Waals surface area contributed by atoms with Gasteiger partial charge in [0, 0.05) is 13.0 Å². The van der Waals surface area contributed by atoms with Gasteiger partial charge in [0.1, 0.15) is 0 Å². The lowest BCUT2D eigenvalue weighted by Crippen LogP contribution is -2.11. The standard InChI is InChI=1S/C6H11F2NO/c7-6(8)3-5(6)4-10-2-1-9/h5H,1-4,9H2. The Morgan fingerprint density at radius 3 is 2.60 bits per heavy atom. The fourth-order valence-corrected chi connectivity index (χ4v) is 0.759. The lowest BCUT2D eigenvalue weighted by Gasteiger charge is -1.99. The van der Waals surface area contributed by atoms with Gasteiger partial charge in [-0.15, -0.1) is 0 Å². The van der Waals surface area contributed by atoms with Crippen molar-refractivity contribution >= 4 is 0 Å². The van der Waals surface area contributed by atoms with Gasteiger partial charge < -0.3 is 10.5 Å². The van der Waals surface area contributed by atoms with Gasteiger partial charge in [-0.3, -0.25) is 0 Å². The van der Waals surface area contributed by atoms with E-state index in [1.54, 1.807) is 0 Å². The highest BCUT2D eigenvalue weighted by Gasteiger charge is 2.56. The van der Waals surface area contributed by atoms with E-state index in [0.717, 1.165) is 0 Å². The van der Waals surface area contributed by atoms with E-state index in [0.29, 0.717) is 13.2 Å². The van der Waals surface area contributed by atoms with Gasteiger partial charge in [0.15, 0.2) is 0 Å². The van der Waals surface area contributed by atoms with Crippen LogP contribution in [-0.2, 0) is 4.74 Å². The summed E-state index contributed by atoms with van der Waals surface area (Å²) in [4.78, 5) is 0. The molecule has 0 saturated heterocycles. The van der Waals surface area contributed by atoms with Crippen LogP contribution < -0.4 is 5.73 Å². The predicted molar refractivity (Wildman–Crippen MR) is 32.9 cm³/mol. The summed E-state index contributed by atoms with van der Waals surface area (Å²) in [6.45, 7) is 0.940. The second-order valence-corrected chi connectivity index (χ2v) is 2.53. The average Bonchev–Trinajstić information content (AvgIpc) is 2.41. The molecule has 1 unspecified atom stereocenters. The van der Waals surface area contributed by atoms with Crippen molar-refractivity contribution in [3.63, 3.8) is 0 Å². The highest BCUT2D eigenvalue weighted by Crippen LogP contribution is 2.48. The van der Waals surface area contributed by atoms with Crippen molar-refractivity contribution < 1.29 is 13.5 Å². The van der Waals surface area contributed by atoms with Gasteiger partial charge in [0.25, 0.3) is 5.92 Å². The molecule has 0 spiro atoms. The molecular formula is C6H11F2NO. The van der Waals surface area contributed by atoms with Crippen LogP contribution in [0, 0.1) is 5.92 Å². The number of halogens is 2. The number of nitrogens with two attached hydrogens (primary N) is 1. The summed E-state index contributed by atoms with van der Waals surface area (Å²) in [5.41, 5.74) is 5.09. The molecule has 4 heteroatoms. The Morgan fingerprint density at radius 1 is 1.60 bits per heavy atom. The van der Waals surface area contributed by atoms with E-state index < -0.39 is 11.8 Å². The molecule has 0 aromatic carbocycles. The van der Waals surface area contributed by atoms with E-state index in [-0.39, 0.29) is 13.0 Å². The Hall–Kier alpha value is -0.220. The number of ether oxygens (including phenoxy) is 1. The van der Waals surface area contributed by atoms with Crippen LogP contribution in [0.1, 0.15) is 6.42 Å². The van der Waals surface area contributed by atoms with Crippen molar-refractivity contribution in [1.29, 1.82) is 0 Å². The molecule has 0 radical (unpaired) electrons. The smallest absolute Gasteiger partial charge is 0.253 e. The zero-order chi connectivity index (χ0) is 7.61. The van der Waals surface area contributed by atoms with Crippen molar-refractivity contribution in [3.8, 4) is 0 Å². The largest absolute Gasteiger partial charge is 0.380 e. The summed E-state index contributed by atoms with van der Waals surface area (Å²) in [5, 5.41) is 0. The lowest BCUT2D eigenvalue weighted by molar-refractivity contribution is 0.0571. The molecule has 0 bridgehead atoms. The van der Waals surface area contributed by atoms with Gasteiger partial charge in [0.2, 0.25) is 0 Å². The fraction of sp³-hybridized carbons (Fsp3) is 1.00. The van der Waals surface area contributed by atoms with Crippen LogP contribution in [0.25, 0.3) is 0 Å². The molecule has 0 aliphatic heterocycles. The maximum Gasteiger partial charge on any atom is 0.253 e. The maximum absolute atomic E-state index is 12.1. The van der Waals surface area contributed by atoms with Gasteiger partial charge in [-0.05, 0) is 0 Å².